The first-order valence-electron chi connectivity index (χ1n) is 11.0. The summed E-state index contributed by atoms with van der Waals surface area (Å²) in [5.41, 5.74) is 5.26. The maximum atomic E-state index is 12.9. The quantitative estimate of drug-likeness (QED) is 0.251. The maximum absolute atomic E-state index is 12.9. The molecule has 2 heterocycles. The third kappa shape index (κ3) is 4.57. The molecule has 4 aromatic rings. The number of esters is 1. The average Bonchev–Trinajstić information content (AvgIpc) is 3.33. The molecule has 0 saturated heterocycles. The van der Waals surface area contributed by atoms with Gasteiger partial charge in [0.2, 0.25) is 0 Å². The Labute approximate surface area is 211 Å². The highest BCUT2D eigenvalue weighted by atomic mass is 79.9. The van der Waals surface area contributed by atoms with Crippen molar-refractivity contribution in [3.63, 3.8) is 0 Å². The molecule has 34 heavy (non-hydrogen) atoms. The molecule has 0 fully saturated rings. The molecule has 0 aliphatic heterocycles. The summed E-state index contributed by atoms with van der Waals surface area (Å²) in [5, 5.41) is 9.29. The lowest BCUT2D eigenvalue weighted by Crippen LogP contribution is -2.22. The summed E-state index contributed by atoms with van der Waals surface area (Å²) in [4.78, 5) is 17.5. The number of aromatic nitrogens is 3. The van der Waals surface area contributed by atoms with Crippen LogP contribution in [0.5, 0.6) is 0 Å². The lowest BCUT2D eigenvalue weighted by atomic mass is 10.00. The monoisotopic (exact) mass is 544 g/mol. The number of aryl methyl sites for hydroxylation is 2. The molecule has 0 amide bonds. The number of nitrogens with one attached hydrogen (secondary N) is 1. The van der Waals surface area contributed by atoms with Crippen molar-refractivity contribution in [2.45, 2.75) is 46.7 Å². The largest absolute Gasteiger partial charge is 0.461 e. The van der Waals surface area contributed by atoms with E-state index in [2.05, 4.69) is 31.4 Å². The van der Waals surface area contributed by atoms with Crippen molar-refractivity contribution in [3.05, 3.63) is 74.4 Å². The van der Waals surface area contributed by atoms with E-state index in [1.807, 2.05) is 68.7 Å². The summed E-state index contributed by atoms with van der Waals surface area (Å²) < 4.78 is 13.4. The van der Waals surface area contributed by atoms with Crippen LogP contribution in [0.25, 0.3) is 11.0 Å². The van der Waals surface area contributed by atoms with E-state index in [-0.39, 0.29) is 18.3 Å². The molecule has 4 rings (SSSR count). The molecule has 9 heteroatoms. The highest BCUT2D eigenvalue weighted by Crippen LogP contribution is 2.36. The molecule has 2 aromatic carbocycles. The fraction of sp³-hybridized carbons (Fsp3) is 0.320. The molecule has 0 bridgehead atoms. The fourth-order valence-electron chi connectivity index (χ4n) is 4.08. The number of halogens is 2. The number of carbonyl (C=O) groups excluding carboxylic acids is 1. The van der Waals surface area contributed by atoms with Crippen molar-refractivity contribution in [1.82, 2.24) is 14.7 Å². The standard InChI is InChI=1S/C25H26BrClN4O3/c1-6-33-24(32)21-22(31(13(2)3)25(26)29-21)20(16-7-9-17(27)10-8-16)28-18-11-14(4)23-19(12-18)15(5)30-34-23/h7-13,20,28H,6H2,1-5H3. The molecular weight excluding hydrogens is 520 g/mol. The summed E-state index contributed by atoms with van der Waals surface area (Å²) in [7, 11) is 0. The van der Waals surface area contributed by atoms with Crippen molar-refractivity contribution >= 4 is 50.2 Å². The predicted molar refractivity (Wildman–Crippen MR) is 137 cm³/mol. The van der Waals surface area contributed by atoms with Gasteiger partial charge in [0.25, 0.3) is 0 Å². The third-order valence-electron chi connectivity index (χ3n) is 5.62. The van der Waals surface area contributed by atoms with E-state index in [9.17, 15) is 4.79 Å². The van der Waals surface area contributed by atoms with Crippen LogP contribution in [0.4, 0.5) is 5.69 Å². The van der Waals surface area contributed by atoms with Gasteiger partial charge in [-0.1, -0.05) is 28.9 Å². The SMILES string of the molecule is CCOC(=O)c1nc(Br)n(C(C)C)c1C(Nc1cc(C)c2onc(C)c2c1)c1ccc(Cl)cc1. The van der Waals surface area contributed by atoms with Crippen LogP contribution < -0.4 is 5.32 Å². The van der Waals surface area contributed by atoms with Gasteiger partial charge in [0.1, 0.15) is 0 Å². The normalized spacial score (nSPS) is 12.4. The van der Waals surface area contributed by atoms with Crippen molar-refractivity contribution in [2.24, 2.45) is 0 Å². The molecule has 0 aliphatic rings. The topological polar surface area (TPSA) is 82.2 Å². The van der Waals surface area contributed by atoms with Crippen LogP contribution in [-0.4, -0.2) is 27.3 Å². The Morgan fingerprint density at radius 3 is 2.59 bits per heavy atom. The Bertz CT molecular complexity index is 1340. The third-order valence-corrected chi connectivity index (χ3v) is 6.43. The molecule has 1 atom stereocenters. The summed E-state index contributed by atoms with van der Waals surface area (Å²) in [6.45, 7) is 10.0. The number of hydrogen-bond acceptors (Lipinski definition) is 6. The van der Waals surface area contributed by atoms with Gasteiger partial charge in [0, 0.05) is 22.1 Å². The van der Waals surface area contributed by atoms with Crippen molar-refractivity contribution < 1.29 is 14.1 Å². The number of imidazole rings is 1. The molecular formula is C25H26BrClN4O3. The van der Waals surface area contributed by atoms with Crippen molar-refractivity contribution in [1.29, 1.82) is 0 Å². The summed E-state index contributed by atoms with van der Waals surface area (Å²) in [6.07, 6.45) is 0. The van der Waals surface area contributed by atoms with Crippen LogP contribution in [-0.2, 0) is 4.74 Å². The number of nitrogens with zero attached hydrogens (tertiary/aromatic N) is 3. The second-order valence-electron chi connectivity index (χ2n) is 8.37. The zero-order valence-corrected chi connectivity index (χ0v) is 22.0. The van der Waals surface area contributed by atoms with E-state index in [1.54, 1.807) is 6.92 Å². The minimum atomic E-state index is -0.472. The van der Waals surface area contributed by atoms with E-state index in [1.165, 1.54) is 0 Å². The highest BCUT2D eigenvalue weighted by Gasteiger charge is 2.31. The van der Waals surface area contributed by atoms with Crippen LogP contribution in [0.3, 0.4) is 0 Å². The molecule has 178 valence electrons. The van der Waals surface area contributed by atoms with Crippen molar-refractivity contribution in [2.75, 3.05) is 11.9 Å². The van der Waals surface area contributed by atoms with Crippen LogP contribution in [0.15, 0.2) is 45.7 Å². The predicted octanol–water partition coefficient (Wildman–Crippen LogP) is 7.02. The summed E-state index contributed by atoms with van der Waals surface area (Å²) in [6, 6.07) is 11.2. The number of fused-ring (bicyclic) bond motifs is 1. The van der Waals surface area contributed by atoms with Crippen LogP contribution in [0.2, 0.25) is 5.02 Å². The van der Waals surface area contributed by atoms with E-state index >= 15 is 0 Å². The van der Waals surface area contributed by atoms with Gasteiger partial charge < -0.3 is 19.1 Å². The van der Waals surface area contributed by atoms with Gasteiger partial charge in [-0.3, -0.25) is 0 Å². The number of benzene rings is 2. The van der Waals surface area contributed by atoms with E-state index in [0.717, 1.165) is 33.5 Å². The lowest BCUT2D eigenvalue weighted by Gasteiger charge is -2.25. The first-order chi connectivity index (χ1) is 16.2. The minimum absolute atomic E-state index is 0.0289. The number of ether oxygens (including phenoxy) is 1. The first-order valence-corrected chi connectivity index (χ1v) is 12.2. The summed E-state index contributed by atoms with van der Waals surface area (Å²) >= 11 is 9.73. The van der Waals surface area contributed by atoms with Gasteiger partial charge in [0.15, 0.2) is 16.0 Å². The average molecular weight is 546 g/mol. The Kier molecular flexibility index (Phi) is 7.00. The molecule has 0 aliphatic carbocycles. The maximum Gasteiger partial charge on any atom is 0.358 e. The second kappa shape index (κ2) is 9.80. The zero-order valence-electron chi connectivity index (χ0n) is 19.6. The van der Waals surface area contributed by atoms with Crippen LogP contribution in [0, 0.1) is 13.8 Å². The molecule has 0 saturated carbocycles. The molecule has 0 radical (unpaired) electrons. The second-order valence-corrected chi connectivity index (χ2v) is 9.51. The van der Waals surface area contributed by atoms with Gasteiger partial charge in [-0.2, -0.15) is 0 Å². The van der Waals surface area contributed by atoms with Gasteiger partial charge >= 0.3 is 5.97 Å². The Balaban J connectivity index is 1.93. The highest BCUT2D eigenvalue weighted by molar-refractivity contribution is 9.10. The van der Waals surface area contributed by atoms with Crippen molar-refractivity contribution in [3.8, 4) is 0 Å². The van der Waals surface area contributed by atoms with Crippen LogP contribution >= 0.6 is 27.5 Å². The molecule has 0 spiro atoms. The Morgan fingerprint density at radius 1 is 1.24 bits per heavy atom. The van der Waals surface area contributed by atoms with Gasteiger partial charge in [-0.05, 0) is 85.9 Å². The number of anilines is 1. The first kappa shape index (κ1) is 24.3. The Hall–Kier alpha value is -2.84. The molecule has 7 nitrogen and oxygen atoms in total. The lowest BCUT2D eigenvalue weighted by molar-refractivity contribution is 0.0518. The Morgan fingerprint density at radius 2 is 1.94 bits per heavy atom. The van der Waals surface area contributed by atoms with Crippen LogP contribution in [0.1, 0.15) is 65.9 Å². The summed E-state index contributed by atoms with van der Waals surface area (Å²) in [5.74, 6) is -0.472. The number of carbonyl (C=O) groups is 1. The smallest absolute Gasteiger partial charge is 0.358 e. The van der Waals surface area contributed by atoms with E-state index in [4.69, 9.17) is 20.9 Å². The van der Waals surface area contributed by atoms with Gasteiger partial charge in [0.05, 0.1) is 24.0 Å². The minimum Gasteiger partial charge on any atom is -0.461 e. The molecule has 2 aromatic heterocycles. The van der Waals surface area contributed by atoms with E-state index < -0.39 is 12.0 Å². The molecule has 1 N–H and O–H groups in total. The van der Waals surface area contributed by atoms with Gasteiger partial charge in [-0.15, -0.1) is 0 Å². The number of rotatable bonds is 7. The van der Waals surface area contributed by atoms with Gasteiger partial charge in [-0.25, -0.2) is 9.78 Å². The number of hydrogen-bond donors (Lipinski definition) is 1. The molecule has 1 unspecified atom stereocenters. The van der Waals surface area contributed by atoms with E-state index in [0.29, 0.717) is 15.5 Å². The fourth-order valence-corrected chi connectivity index (χ4v) is 4.98. The zero-order chi connectivity index (χ0) is 24.6.